The summed E-state index contributed by atoms with van der Waals surface area (Å²) in [6.45, 7) is 2.59. The quantitative estimate of drug-likeness (QED) is 0.864. The van der Waals surface area contributed by atoms with Crippen LogP contribution in [-0.4, -0.2) is 22.0 Å². The predicted octanol–water partition coefficient (Wildman–Crippen LogP) is 3.44. The van der Waals surface area contributed by atoms with Gasteiger partial charge < -0.3 is 9.88 Å². The van der Waals surface area contributed by atoms with Gasteiger partial charge in [0.05, 0.1) is 15.9 Å². The summed E-state index contributed by atoms with van der Waals surface area (Å²) in [5.74, 6) is 0.714. The number of amides is 1. The Morgan fingerprint density at radius 2 is 2.30 bits per heavy atom. The third kappa shape index (κ3) is 2.17. The second kappa shape index (κ2) is 5.26. The Bertz CT molecular complexity index is 666. The minimum atomic E-state index is -0.284. The zero-order valence-electron chi connectivity index (χ0n) is 11.1. The van der Waals surface area contributed by atoms with Crippen molar-refractivity contribution >= 4 is 40.1 Å². The van der Waals surface area contributed by atoms with Crippen molar-refractivity contribution in [2.75, 3.05) is 6.54 Å². The molecule has 20 heavy (non-hydrogen) atoms. The molecule has 0 aliphatic carbocycles. The largest absolute Gasteiger partial charge is 0.354 e. The summed E-state index contributed by atoms with van der Waals surface area (Å²) < 4.78 is 1.94. The summed E-state index contributed by atoms with van der Waals surface area (Å²) in [5, 5.41) is 3.20. The molecule has 0 radical (unpaired) electrons. The van der Waals surface area contributed by atoms with Crippen LogP contribution >= 0.6 is 23.2 Å². The molecular weight excluding hydrogens is 297 g/mol. The van der Waals surface area contributed by atoms with Crippen molar-refractivity contribution in [3.05, 3.63) is 29.0 Å². The molecule has 1 N–H and O–H groups in total. The van der Waals surface area contributed by atoms with Crippen LogP contribution in [0.3, 0.4) is 0 Å². The van der Waals surface area contributed by atoms with Gasteiger partial charge in [0, 0.05) is 6.54 Å². The number of carbonyl (C=O) groups is 1. The van der Waals surface area contributed by atoms with Crippen molar-refractivity contribution in [3.8, 4) is 0 Å². The molecule has 2 atom stereocenters. The van der Waals surface area contributed by atoms with E-state index in [1.165, 1.54) is 0 Å². The fourth-order valence-electron chi connectivity index (χ4n) is 2.71. The van der Waals surface area contributed by atoms with Gasteiger partial charge in [-0.3, -0.25) is 4.79 Å². The topological polar surface area (TPSA) is 46.9 Å². The number of alkyl halides is 1. The SMILES string of the molecule is CC(Cl)c1nc2c(Cl)cccc2n1C1CCCNC1=O. The minimum Gasteiger partial charge on any atom is -0.354 e. The summed E-state index contributed by atoms with van der Waals surface area (Å²) in [7, 11) is 0. The Morgan fingerprint density at radius 3 is 3.00 bits per heavy atom. The Hall–Kier alpha value is -1.26. The smallest absolute Gasteiger partial charge is 0.243 e. The number of nitrogens with one attached hydrogen (secondary N) is 1. The van der Waals surface area contributed by atoms with E-state index >= 15 is 0 Å². The standard InChI is InChI=1S/C14H15Cl2N3O/c1-8(15)13-18-12-9(16)4-2-5-10(12)19(13)11-6-3-7-17-14(11)20/h2,4-5,8,11H,3,6-7H2,1H3,(H,17,20). The number of halogens is 2. The number of nitrogens with zero attached hydrogens (tertiary/aromatic N) is 2. The van der Waals surface area contributed by atoms with E-state index in [1.807, 2.05) is 23.6 Å². The molecular formula is C14H15Cl2N3O. The molecule has 0 spiro atoms. The van der Waals surface area contributed by atoms with Gasteiger partial charge in [-0.25, -0.2) is 4.98 Å². The van der Waals surface area contributed by atoms with Crippen LogP contribution in [0.1, 0.15) is 37.0 Å². The van der Waals surface area contributed by atoms with E-state index in [1.54, 1.807) is 6.07 Å². The van der Waals surface area contributed by atoms with Gasteiger partial charge in [-0.1, -0.05) is 17.7 Å². The van der Waals surface area contributed by atoms with Gasteiger partial charge in [-0.2, -0.15) is 0 Å². The Balaban J connectivity index is 2.23. The van der Waals surface area contributed by atoms with Crippen LogP contribution in [-0.2, 0) is 4.79 Å². The van der Waals surface area contributed by atoms with E-state index in [2.05, 4.69) is 10.3 Å². The number of hydrogen-bond acceptors (Lipinski definition) is 2. The lowest BCUT2D eigenvalue weighted by Crippen LogP contribution is -2.38. The molecule has 6 heteroatoms. The van der Waals surface area contributed by atoms with Gasteiger partial charge in [-0.05, 0) is 31.9 Å². The first-order valence-corrected chi connectivity index (χ1v) is 7.49. The highest BCUT2D eigenvalue weighted by Crippen LogP contribution is 2.33. The fourth-order valence-corrected chi connectivity index (χ4v) is 3.08. The number of imidazole rings is 1. The monoisotopic (exact) mass is 311 g/mol. The zero-order chi connectivity index (χ0) is 14.3. The van der Waals surface area contributed by atoms with Gasteiger partial charge in [0.15, 0.2) is 0 Å². The molecule has 1 fully saturated rings. The summed E-state index contributed by atoms with van der Waals surface area (Å²) in [4.78, 5) is 16.7. The Kier molecular flexibility index (Phi) is 3.61. The Labute approximate surface area is 127 Å². The van der Waals surface area contributed by atoms with Crippen molar-refractivity contribution in [2.45, 2.75) is 31.2 Å². The highest BCUT2D eigenvalue weighted by molar-refractivity contribution is 6.35. The Morgan fingerprint density at radius 1 is 1.50 bits per heavy atom. The van der Waals surface area contributed by atoms with Crippen LogP contribution < -0.4 is 5.32 Å². The normalized spacial score (nSPS) is 20.9. The number of carbonyl (C=O) groups excluding carboxylic acids is 1. The molecule has 1 amide bonds. The van der Waals surface area contributed by atoms with Crippen LogP contribution in [0, 0.1) is 0 Å². The molecule has 4 nitrogen and oxygen atoms in total. The van der Waals surface area contributed by atoms with E-state index in [-0.39, 0.29) is 17.3 Å². The third-order valence-electron chi connectivity index (χ3n) is 3.62. The van der Waals surface area contributed by atoms with Crippen LogP contribution in [0.5, 0.6) is 0 Å². The first kappa shape index (κ1) is 13.7. The summed E-state index contributed by atoms with van der Waals surface area (Å²) in [6.07, 6.45) is 1.74. The lowest BCUT2D eigenvalue weighted by molar-refractivity contribution is -0.125. The number of benzene rings is 1. The van der Waals surface area contributed by atoms with Crippen molar-refractivity contribution < 1.29 is 4.79 Å². The maximum Gasteiger partial charge on any atom is 0.243 e. The molecule has 106 valence electrons. The van der Waals surface area contributed by atoms with E-state index in [0.717, 1.165) is 24.9 Å². The number of hydrogen-bond donors (Lipinski definition) is 1. The number of fused-ring (bicyclic) bond motifs is 1. The lowest BCUT2D eigenvalue weighted by Gasteiger charge is -2.25. The van der Waals surface area contributed by atoms with Crippen molar-refractivity contribution in [1.29, 1.82) is 0 Å². The van der Waals surface area contributed by atoms with E-state index in [0.29, 0.717) is 16.4 Å². The molecule has 2 unspecified atom stereocenters. The van der Waals surface area contributed by atoms with Crippen molar-refractivity contribution in [2.24, 2.45) is 0 Å². The van der Waals surface area contributed by atoms with Crippen LogP contribution in [0.15, 0.2) is 18.2 Å². The fraction of sp³-hybridized carbons (Fsp3) is 0.429. The molecule has 1 aromatic carbocycles. The van der Waals surface area contributed by atoms with Crippen molar-refractivity contribution in [1.82, 2.24) is 14.9 Å². The van der Waals surface area contributed by atoms with Gasteiger partial charge in [0.25, 0.3) is 0 Å². The summed E-state index contributed by atoms with van der Waals surface area (Å²) >= 11 is 12.4. The maximum atomic E-state index is 12.2. The number of para-hydroxylation sites is 1. The minimum absolute atomic E-state index is 0.0223. The van der Waals surface area contributed by atoms with Crippen LogP contribution in [0.2, 0.25) is 5.02 Å². The average Bonchev–Trinajstić information content (AvgIpc) is 2.80. The molecule has 1 aliphatic rings. The molecule has 0 bridgehead atoms. The molecule has 3 rings (SSSR count). The van der Waals surface area contributed by atoms with Gasteiger partial charge >= 0.3 is 0 Å². The maximum absolute atomic E-state index is 12.2. The highest BCUT2D eigenvalue weighted by Gasteiger charge is 2.29. The van der Waals surface area contributed by atoms with Gasteiger partial charge in [0.1, 0.15) is 17.4 Å². The van der Waals surface area contributed by atoms with Crippen LogP contribution in [0.4, 0.5) is 0 Å². The second-order valence-corrected chi connectivity index (χ2v) is 6.07. The second-order valence-electron chi connectivity index (χ2n) is 5.01. The van der Waals surface area contributed by atoms with Crippen LogP contribution in [0.25, 0.3) is 11.0 Å². The summed E-state index contributed by atoms with van der Waals surface area (Å²) in [5.41, 5.74) is 1.57. The first-order chi connectivity index (χ1) is 9.59. The molecule has 0 saturated carbocycles. The van der Waals surface area contributed by atoms with Crippen molar-refractivity contribution in [3.63, 3.8) is 0 Å². The first-order valence-electron chi connectivity index (χ1n) is 6.67. The molecule has 1 aromatic heterocycles. The number of rotatable bonds is 2. The average molecular weight is 312 g/mol. The number of piperidine rings is 1. The highest BCUT2D eigenvalue weighted by atomic mass is 35.5. The predicted molar refractivity (Wildman–Crippen MR) is 80.3 cm³/mol. The zero-order valence-corrected chi connectivity index (χ0v) is 12.6. The van der Waals surface area contributed by atoms with E-state index in [9.17, 15) is 4.79 Å². The molecule has 2 heterocycles. The molecule has 1 aliphatic heterocycles. The third-order valence-corrected chi connectivity index (χ3v) is 4.12. The van der Waals surface area contributed by atoms with E-state index < -0.39 is 0 Å². The van der Waals surface area contributed by atoms with Gasteiger partial charge in [-0.15, -0.1) is 11.6 Å². The molecule has 2 aromatic rings. The summed E-state index contributed by atoms with van der Waals surface area (Å²) in [6, 6.07) is 5.33. The van der Waals surface area contributed by atoms with Gasteiger partial charge in [0.2, 0.25) is 5.91 Å². The number of aromatic nitrogens is 2. The lowest BCUT2D eigenvalue weighted by atomic mass is 10.1. The van der Waals surface area contributed by atoms with E-state index in [4.69, 9.17) is 23.2 Å². The molecule has 1 saturated heterocycles.